The summed E-state index contributed by atoms with van der Waals surface area (Å²) in [6, 6.07) is 22.5. The first-order chi connectivity index (χ1) is 14.6. The van der Waals surface area contributed by atoms with Gasteiger partial charge in [0.25, 0.3) is 0 Å². The van der Waals surface area contributed by atoms with Crippen LogP contribution < -0.4 is 9.80 Å². The Balaban J connectivity index is 1.38. The fourth-order valence-corrected chi connectivity index (χ4v) is 5.22. The van der Waals surface area contributed by atoms with Crippen LogP contribution in [-0.2, 0) is 0 Å². The van der Waals surface area contributed by atoms with Crippen LogP contribution in [0, 0.1) is 6.92 Å². The van der Waals surface area contributed by atoms with Crippen molar-refractivity contribution in [2.75, 3.05) is 36.0 Å². The molecule has 152 valence electrons. The molecule has 0 unspecified atom stereocenters. The third-order valence-electron chi connectivity index (χ3n) is 5.69. The number of aryl methyl sites for hydroxylation is 1. The maximum Gasteiger partial charge on any atom is 0.329 e. The minimum absolute atomic E-state index is 0.0387. The number of nitrogens with zero attached hydrogens (tertiary/aromatic N) is 3. The fraction of sp³-hybridized carbons (Fsp3) is 0.208. The maximum absolute atomic E-state index is 13.6. The quantitative estimate of drug-likeness (QED) is 0.455. The maximum atomic E-state index is 13.6. The van der Waals surface area contributed by atoms with Crippen LogP contribution in [0.3, 0.4) is 0 Å². The van der Waals surface area contributed by atoms with Gasteiger partial charge in [-0.05, 0) is 48.9 Å². The van der Waals surface area contributed by atoms with Crippen molar-refractivity contribution >= 4 is 46.5 Å². The first-order valence-corrected chi connectivity index (χ1v) is 11.3. The molecule has 0 aliphatic carbocycles. The zero-order chi connectivity index (χ0) is 20.7. The van der Waals surface area contributed by atoms with E-state index < -0.39 is 0 Å². The van der Waals surface area contributed by atoms with E-state index in [2.05, 4.69) is 29.2 Å². The van der Waals surface area contributed by atoms with Gasteiger partial charge in [0.05, 0.1) is 11.4 Å². The Morgan fingerprint density at radius 3 is 2.07 bits per heavy atom. The molecule has 0 bridgehead atoms. The van der Waals surface area contributed by atoms with Gasteiger partial charge in [0.2, 0.25) is 0 Å². The summed E-state index contributed by atoms with van der Waals surface area (Å²) < 4.78 is 0. The van der Waals surface area contributed by atoms with E-state index in [9.17, 15) is 4.79 Å². The number of urea groups is 1. The summed E-state index contributed by atoms with van der Waals surface area (Å²) in [6.07, 6.45) is 0. The Morgan fingerprint density at radius 1 is 0.867 bits per heavy atom. The molecule has 5 rings (SSSR count). The molecule has 3 aromatic rings. The molecule has 4 nitrogen and oxygen atoms in total. The van der Waals surface area contributed by atoms with Crippen molar-refractivity contribution in [2.24, 2.45) is 0 Å². The van der Waals surface area contributed by atoms with Crippen LogP contribution in [0.1, 0.15) is 5.56 Å². The molecule has 3 aromatic carbocycles. The van der Waals surface area contributed by atoms with Gasteiger partial charge in [-0.25, -0.2) is 4.79 Å². The van der Waals surface area contributed by atoms with Gasteiger partial charge in [-0.2, -0.15) is 0 Å². The number of hydrogen-bond acceptors (Lipinski definition) is 3. The van der Waals surface area contributed by atoms with Gasteiger partial charge < -0.3 is 9.80 Å². The topological polar surface area (TPSA) is 26.8 Å². The summed E-state index contributed by atoms with van der Waals surface area (Å²) in [5.74, 6) is 0. The second-order valence-corrected chi connectivity index (χ2v) is 9.05. The van der Waals surface area contributed by atoms with Crippen LogP contribution in [-0.4, -0.2) is 37.1 Å². The SMILES string of the molecule is Cc1ccc(N2CCN(C(=O)N3c4ccccc4Sc4ccccc43)CC2)cc1Cl. The number of carbonyl (C=O) groups is 1. The Hall–Kier alpha value is -2.63. The van der Waals surface area contributed by atoms with Crippen molar-refractivity contribution in [1.29, 1.82) is 0 Å². The normalized spacial score (nSPS) is 15.6. The van der Waals surface area contributed by atoms with Gasteiger partial charge >= 0.3 is 6.03 Å². The summed E-state index contributed by atoms with van der Waals surface area (Å²) in [5.41, 5.74) is 4.11. The molecule has 2 aliphatic heterocycles. The predicted octanol–water partition coefficient (Wildman–Crippen LogP) is 6.19. The number of para-hydroxylation sites is 2. The van der Waals surface area contributed by atoms with E-state index in [0.717, 1.165) is 50.5 Å². The lowest BCUT2D eigenvalue weighted by Gasteiger charge is -2.40. The van der Waals surface area contributed by atoms with Crippen LogP contribution in [0.25, 0.3) is 0 Å². The number of benzene rings is 3. The first kappa shape index (κ1) is 19.3. The Morgan fingerprint density at radius 2 is 1.47 bits per heavy atom. The van der Waals surface area contributed by atoms with Crippen LogP contribution in [0.2, 0.25) is 5.02 Å². The lowest BCUT2D eigenvalue weighted by Crippen LogP contribution is -2.52. The largest absolute Gasteiger partial charge is 0.368 e. The van der Waals surface area contributed by atoms with Crippen LogP contribution >= 0.6 is 23.4 Å². The molecule has 2 heterocycles. The molecule has 0 radical (unpaired) electrons. The lowest BCUT2D eigenvalue weighted by molar-refractivity contribution is 0.203. The molecule has 0 N–H and O–H groups in total. The number of rotatable bonds is 1. The van der Waals surface area contributed by atoms with Crippen molar-refractivity contribution in [3.8, 4) is 0 Å². The van der Waals surface area contributed by atoms with Crippen molar-refractivity contribution in [1.82, 2.24) is 4.90 Å². The van der Waals surface area contributed by atoms with Crippen molar-refractivity contribution in [3.63, 3.8) is 0 Å². The molecule has 0 spiro atoms. The van der Waals surface area contributed by atoms with Gasteiger partial charge in [0.15, 0.2) is 0 Å². The minimum atomic E-state index is 0.0387. The molecule has 1 saturated heterocycles. The third-order valence-corrected chi connectivity index (χ3v) is 7.23. The summed E-state index contributed by atoms with van der Waals surface area (Å²) in [5, 5.41) is 0.782. The molecule has 2 amide bonds. The minimum Gasteiger partial charge on any atom is -0.368 e. The number of hydrogen-bond donors (Lipinski definition) is 0. The molecule has 0 atom stereocenters. The fourth-order valence-electron chi connectivity index (χ4n) is 3.99. The van der Waals surface area contributed by atoms with E-state index in [-0.39, 0.29) is 6.03 Å². The highest BCUT2D eigenvalue weighted by Gasteiger charge is 2.32. The Kier molecular flexibility index (Phi) is 5.09. The van der Waals surface area contributed by atoms with Gasteiger partial charge in [-0.3, -0.25) is 4.90 Å². The highest BCUT2D eigenvalue weighted by atomic mass is 35.5. The summed E-state index contributed by atoms with van der Waals surface area (Å²) in [7, 11) is 0. The van der Waals surface area contributed by atoms with Gasteiger partial charge in [0, 0.05) is 46.7 Å². The predicted molar refractivity (Wildman–Crippen MR) is 125 cm³/mol. The molecule has 0 aromatic heterocycles. The summed E-state index contributed by atoms with van der Waals surface area (Å²) in [6.45, 7) is 4.94. The van der Waals surface area contributed by atoms with Gasteiger partial charge in [-0.15, -0.1) is 0 Å². The zero-order valence-electron chi connectivity index (χ0n) is 16.7. The number of fused-ring (bicyclic) bond motifs is 2. The Bertz CT molecular complexity index is 1070. The number of amides is 2. The molecular weight excluding hydrogens is 414 g/mol. The first-order valence-electron chi connectivity index (χ1n) is 10.1. The van der Waals surface area contributed by atoms with E-state index in [1.807, 2.05) is 59.2 Å². The average Bonchev–Trinajstić information content (AvgIpc) is 2.79. The number of halogens is 1. The summed E-state index contributed by atoms with van der Waals surface area (Å²) in [4.78, 5) is 22.0. The Labute approximate surface area is 186 Å². The average molecular weight is 436 g/mol. The second-order valence-electron chi connectivity index (χ2n) is 7.56. The molecule has 2 aliphatic rings. The number of carbonyl (C=O) groups excluding carboxylic acids is 1. The van der Waals surface area contributed by atoms with E-state index in [1.165, 1.54) is 0 Å². The smallest absolute Gasteiger partial charge is 0.329 e. The highest BCUT2D eigenvalue weighted by molar-refractivity contribution is 7.99. The number of anilines is 3. The van der Waals surface area contributed by atoms with Crippen LogP contribution in [0.15, 0.2) is 76.5 Å². The molecule has 30 heavy (non-hydrogen) atoms. The molecule has 1 fully saturated rings. The van der Waals surface area contributed by atoms with E-state index in [0.29, 0.717) is 13.1 Å². The monoisotopic (exact) mass is 435 g/mol. The van der Waals surface area contributed by atoms with Crippen LogP contribution in [0.4, 0.5) is 21.9 Å². The van der Waals surface area contributed by atoms with E-state index >= 15 is 0 Å². The van der Waals surface area contributed by atoms with Crippen molar-refractivity contribution in [3.05, 3.63) is 77.3 Å². The molecule has 6 heteroatoms. The van der Waals surface area contributed by atoms with Gasteiger partial charge in [0.1, 0.15) is 0 Å². The van der Waals surface area contributed by atoms with Crippen molar-refractivity contribution < 1.29 is 4.79 Å². The molecular formula is C24H22ClN3OS. The van der Waals surface area contributed by atoms with E-state index in [4.69, 9.17) is 11.6 Å². The third kappa shape index (κ3) is 3.42. The highest BCUT2D eigenvalue weighted by Crippen LogP contribution is 2.48. The molecule has 0 saturated carbocycles. The standard InChI is InChI=1S/C24H22ClN3OS/c1-17-10-11-18(16-19(17)25)26-12-14-27(15-13-26)24(29)28-20-6-2-4-8-22(20)30-23-9-5-3-7-21(23)28/h2-11,16H,12-15H2,1H3. The van der Waals surface area contributed by atoms with Gasteiger partial charge in [-0.1, -0.05) is 53.7 Å². The van der Waals surface area contributed by atoms with Crippen molar-refractivity contribution in [2.45, 2.75) is 16.7 Å². The second kappa shape index (κ2) is 7.89. The lowest BCUT2D eigenvalue weighted by atomic mass is 10.2. The zero-order valence-corrected chi connectivity index (χ0v) is 18.3. The van der Waals surface area contributed by atoms with E-state index in [1.54, 1.807) is 11.8 Å². The van der Waals surface area contributed by atoms with Crippen LogP contribution in [0.5, 0.6) is 0 Å². The summed E-state index contributed by atoms with van der Waals surface area (Å²) >= 11 is 8.03. The number of piperazine rings is 1.